The van der Waals surface area contributed by atoms with Crippen molar-refractivity contribution < 1.29 is 19.2 Å². The number of rotatable bonds is 6. The van der Waals surface area contributed by atoms with E-state index in [-0.39, 0.29) is 11.7 Å². The van der Waals surface area contributed by atoms with Crippen molar-refractivity contribution in [3.05, 3.63) is 60.3 Å². The number of nitrogens with zero attached hydrogens (tertiary/aromatic N) is 3. The third-order valence-electron chi connectivity index (χ3n) is 3.85. The lowest BCUT2D eigenvalue weighted by Crippen LogP contribution is -2.12. The molecule has 0 atom stereocenters. The van der Waals surface area contributed by atoms with Crippen LogP contribution in [-0.4, -0.2) is 33.7 Å². The molecule has 0 spiro atoms. The number of aryl methyl sites for hydroxylation is 2. The molecule has 3 rings (SSSR count). The van der Waals surface area contributed by atoms with Crippen LogP contribution in [0.4, 0.5) is 10.8 Å². The van der Waals surface area contributed by atoms with Crippen molar-refractivity contribution in [3.63, 3.8) is 0 Å². The average molecular weight is 420 g/mol. The van der Waals surface area contributed by atoms with Crippen molar-refractivity contribution in [2.75, 3.05) is 12.4 Å². The molecule has 0 bridgehead atoms. The van der Waals surface area contributed by atoms with Gasteiger partial charge in [-0.2, -0.15) is 4.68 Å². The number of ether oxygens (including phenoxy) is 1. The third kappa shape index (κ3) is 4.10. The van der Waals surface area contributed by atoms with Gasteiger partial charge < -0.3 is 20.2 Å². The minimum absolute atomic E-state index is 0.214. The molecule has 9 nitrogen and oxygen atoms in total. The molecule has 0 aliphatic rings. The molecule has 0 saturated carbocycles. The molecule has 0 radical (unpaired) electrons. The molecule has 146 valence electrons. The number of thiophene rings is 2. The van der Waals surface area contributed by atoms with Gasteiger partial charge in [0.15, 0.2) is 0 Å². The Morgan fingerprint density at radius 2 is 2.07 bits per heavy atom. The molecule has 0 aliphatic heterocycles. The number of hydrogen-bond donors (Lipinski definition) is 1. The number of methoxy groups -OCH3 is 1. The second-order valence-electron chi connectivity index (χ2n) is 5.92. The molecule has 0 fully saturated rings. The number of nitrogens with one attached hydrogen (secondary N) is 1. The van der Waals surface area contributed by atoms with E-state index >= 15 is 0 Å². The number of nitro groups is 1. The Labute approximate surface area is 167 Å². The standard InChI is InChI=1S/C17H16N4O5S2/c1-9-4-14(21(24)25)19-20(9)7-11-6-13(27-8-11)15(22)18-16-12(17(23)26-3)5-10(2)28-16/h4-6,8H,7H2,1-3H3,(H,18,22). The molecule has 1 amide bonds. The van der Waals surface area contributed by atoms with E-state index < -0.39 is 10.9 Å². The van der Waals surface area contributed by atoms with E-state index in [9.17, 15) is 19.7 Å². The number of hydrogen-bond acceptors (Lipinski definition) is 8. The van der Waals surface area contributed by atoms with Gasteiger partial charge in [0.1, 0.15) is 5.00 Å². The van der Waals surface area contributed by atoms with Crippen molar-refractivity contribution in [2.24, 2.45) is 0 Å². The van der Waals surface area contributed by atoms with Gasteiger partial charge >= 0.3 is 11.8 Å². The van der Waals surface area contributed by atoms with Gasteiger partial charge in [0.2, 0.25) is 0 Å². The quantitative estimate of drug-likeness (QED) is 0.370. The lowest BCUT2D eigenvalue weighted by atomic mass is 10.2. The highest BCUT2D eigenvalue weighted by molar-refractivity contribution is 7.17. The first-order valence-corrected chi connectivity index (χ1v) is 9.74. The monoisotopic (exact) mass is 420 g/mol. The van der Waals surface area contributed by atoms with Crippen LogP contribution in [0.15, 0.2) is 23.6 Å². The van der Waals surface area contributed by atoms with Crippen molar-refractivity contribution >= 4 is 45.4 Å². The van der Waals surface area contributed by atoms with Crippen molar-refractivity contribution in [3.8, 4) is 0 Å². The van der Waals surface area contributed by atoms with E-state index in [0.717, 1.165) is 10.4 Å². The smallest absolute Gasteiger partial charge is 0.390 e. The summed E-state index contributed by atoms with van der Waals surface area (Å²) in [5, 5.41) is 19.7. The summed E-state index contributed by atoms with van der Waals surface area (Å²) < 4.78 is 6.25. The average Bonchev–Trinajstić information content (AvgIpc) is 3.34. The fraction of sp³-hybridized carbons (Fsp3) is 0.235. The number of esters is 1. The second kappa shape index (κ2) is 7.90. The van der Waals surface area contributed by atoms with E-state index in [1.807, 2.05) is 6.92 Å². The van der Waals surface area contributed by atoms with Crippen LogP contribution >= 0.6 is 22.7 Å². The molecule has 0 saturated heterocycles. The summed E-state index contributed by atoms with van der Waals surface area (Å²) in [6.45, 7) is 3.88. The zero-order valence-corrected chi connectivity index (χ0v) is 16.8. The first-order valence-electron chi connectivity index (χ1n) is 8.05. The Balaban J connectivity index is 1.75. The summed E-state index contributed by atoms with van der Waals surface area (Å²) in [5.74, 6) is -1.07. The summed E-state index contributed by atoms with van der Waals surface area (Å²) in [7, 11) is 1.29. The zero-order valence-electron chi connectivity index (χ0n) is 15.2. The van der Waals surface area contributed by atoms with Gasteiger partial charge in [-0.1, -0.05) is 0 Å². The van der Waals surface area contributed by atoms with E-state index in [1.54, 1.807) is 24.4 Å². The summed E-state index contributed by atoms with van der Waals surface area (Å²) in [6, 6.07) is 4.76. The van der Waals surface area contributed by atoms with Crippen LogP contribution in [0.25, 0.3) is 0 Å². The Hall–Kier alpha value is -3.05. The predicted molar refractivity (Wildman–Crippen MR) is 105 cm³/mol. The Morgan fingerprint density at radius 1 is 1.32 bits per heavy atom. The van der Waals surface area contributed by atoms with Gasteiger partial charge in [-0.05, 0) is 41.8 Å². The van der Waals surface area contributed by atoms with Gasteiger partial charge in [-0.3, -0.25) is 4.79 Å². The van der Waals surface area contributed by atoms with E-state index in [4.69, 9.17) is 4.74 Å². The molecule has 0 unspecified atom stereocenters. The largest absolute Gasteiger partial charge is 0.465 e. The van der Waals surface area contributed by atoms with Crippen LogP contribution < -0.4 is 5.32 Å². The van der Waals surface area contributed by atoms with Crippen molar-refractivity contribution in [2.45, 2.75) is 20.4 Å². The maximum Gasteiger partial charge on any atom is 0.390 e. The zero-order chi connectivity index (χ0) is 20.4. The highest BCUT2D eigenvalue weighted by Crippen LogP contribution is 2.29. The van der Waals surface area contributed by atoms with Crippen LogP contribution in [0.5, 0.6) is 0 Å². The first kappa shape index (κ1) is 19.7. The van der Waals surface area contributed by atoms with Gasteiger partial charge in [-0.25, -0.2) is 4.79 Å². The fourth-order valence-electron chi connectivity index (χ4n) is 2.53. The van der Waals surface area contributed by atoms with Crippen LogP contribution in [0.3, 0.4) is 0 Å². The van der Waals surface area contributed by atoms with Crippen LogP contribution in [-0.2, 0) is 11.3 Å². The molecular formula is C17H16N4O5S2. The molecule has 3 aromatic heterocycles. The van der Waals surface area contributed by atoms with Crippen molar-refractivity contribution in [1.29, 1.82) is 0 Å². The van der Waals surface area contributed by atoms with E-state index in [2.05, 4.69) is 10.4 Å². The highest BCUT2D eigenvalue weighted by Gasteiger charge is 2.20. The molecular weight excluding hydrogens is 404 g/mol. The fourth-order valence-corrected chi connectivity index (χ4v) is 4.22. The van der Waals surface area contributed by atoms with Crippen LogP contribution in [0.2, 0.25) is 0 Å². The lowest BCUT2D eigenvalue weighted by molar-refractivity contribution is -0.389. The molecule has 28 heavy (non-hydrogen) atoms. The van der Waals surface area contributed by atoms with Gasteiger partial charge in [0.05, 0.1) is 41.0 Å². The lowest BCUT2D eigenvalue weighted by Gasteiger charge is -2.03. The third-order valence-corrected chi connectivity index (χ3v) is 5.80. The number of anilines is 1. The summed E-state index contributed by atoms with van der Waals surface area (Å²) >= 11 is 2.54. The number of carbonyl (C=O) groups excluding carboxylic acids is 2. The Kier molecular flexibility index (Phi) is 5.56. The second-order valence-corrected chi connectivity index (χ2v) is 8.09. The van der Waals surface area contributed by atoms with Gasteiger partial charge in [-0.15, -0.1) is 22.7 Å². The minimum atomic E-state index is -0.544. The van der Waals surface area contributed by atoms with E-state index in [1.165, 1.54) is 40.5 Å². The summed E-state index contributed by atoms with van der Waals surface area (Å²) in [6.07, 6.45) is 0. The SMILES string of the molecule is COC(=O)c1cc(C)sc1NC(=O)c1cc(Cn2nc([N+](=O)[O-])cc2C)cs1. The molecule has 3 aromatic rings. The van der Waals surface area contributed by atoms with Crippen LogP contribution in [0, 0.1) is 24.0 Å². The minimum Gasteiger partial charge on any atom is -0.465 e. The topological polar surface area (TPSA) is 116 Å². The molecule has 0 aliphatic carbocycles. The molecule has 0 aromatic carbocycles. The first-order chi connectivity index (χ1) is 13.3. The van der Waals surface area contributed by atoms with Crippen molar-refractivity contribution in [1.82, 2.24) is 9.78 Å². The maximum atomic E-state index is 12.6. The Morgan fingerprint density at radius 3 is 2.71 bits per heavy atom. The van der Waals surface area contributed by atoms with Gasteiger partial charge in [0, 0.05) is 4.88 Å². The summed E-state index contributed by atoms with van der Waals surface area (Å²) in [4.78, 5) is 36.0. The highest BCUT2D eigenvalue weighted by atomic mass is 32.1. The van der Waals surface area contributed by atoms with Crippen LogP contribution in [0.1, 0.15) is 36.2 Å². The number of aromatic nitrogens is 2. The Bertz CT molecular complexity index is 1070. The predicted octanol–water partition coefficient (Wildman–Crippen LogP) is 3.62. The number of amides is 1. The maximum absolute atomic E-state index is 12.6. The molecule has 3 heterocycles. The molecule has 11 heteroatoms. The van der Waals surface area contributed by atoms with Gasteiger partial charge in [0.25, 0.3) is 5.91 Å². The molecule has 1 N–H and O–H groups in total. The normalized spacial score (nSPS) is 10.7. The summed E-state index contributed by atoms with van der Waals surface area (Å²) in [5.41, 5.74) is 1.77. The number of carbonyl (C=O) groups is 2. The van der Waals surface area contributed by atoms with E-state index in [0.29, 0.717) is 27.7 Å².